The number of aromatic nitrogens is 2. The highest BCUT2D eigenvalue weighted by atomic mass is 16.5. The Morgan fingerprint density at radius 2 is 2.15 bits per heavy atom. The standard InChI is InChI=1S/C14H16N2O4/c1-19-10-4-5-13(20-2)11(8-10)12(17)9-16-7-3-6-15-14(16)18/h3-8,12,17H,9H2,1-2H3. The molecule has 0 saturated carbocycles. The van der Waals surface area contributed by atoms with Gasteiger partial charge in [0.1, 0.15) is 17.6 Å². The molecule has 1 aromatic heterocycles. The lowest BCUT2D eigenvalue weighted by Gasteiger charge is -2.16. The Hall–Kier alpha value is -2.34. The Morgan fingerprint density at radius 1 is 1.35 bits per heavy atom. The molecular formula is C14H16N2O4. The molecule has 2 rings (SSSR count). The van der Waals surface area contributed by atoms with Gasteiger partial charge in [-0.05, 0) is 24.3 Å². The van der Waals surface area contributed by atoms with E-state index in [2.05, 4.69) is 4.98 Å². The first kappa shape index (κ1) is 14.1. The smallest absolute Gasteiger partial charge is 0.347 e. The lowest BCUT2D eigenvalue weighted by atomic mass is 10.1. The number of hydrogen-bond donors (Lipinski definition) is 1. The third-order valence-electron chi connectivity index (χ3n) is 2.95. The van der Waals surface area contributed by atoms with Gasteiger partial charge in [0.15, 0.2) is 0 Å². The molecule has 20 heavy (non-hydrogen) atoms. The summed E-state index contributed by atoms with van der Waals surface area (Å²) >= 11 is 0. The predicted octanol–water partition coefficient (Wildman–Crippen LogP) is 0.994. The number of hydrogen-bond acceptors (Lipinski definition) is 5. The first-order valence-electron chi connectivity index (χ1n) is 6.07. The molecule has 2 aromatic rings. The number of aliphatic hydroxyl groups is 1. The van der Waals surface area contributed by atoms with Crippen LogP contribution < -0.4 is 15.2 Å². The Morgan fingerprint density at radius 3 is 2.80 bits per heavy atom. The zero-order chi connectivity index (χ0) is 14.5. The molecule has 1 heterocycles. The maximum atomic E-state index is 11.5. The molecule has 1 N–H and O–H groups in total. The minimum Gasteiger partial charge on any atom is -0.497 e. The predicted molar refractivity (Wildman–Crippen MR) is 73.0 cm³/mol. The molecule has 0 saturated heterocycles. The molecule has 0 aliphatic carbocycles. The van der Waals surface area contributed by atoms with E-state index >= 15 is 0 Å². The number of benzene rings is 1. The monoisotopic (exact) mass is 276 g/mol. The van der Waals surface area contributed by atoms with Crippen LogP contribution in [0, 0.1) is 0 Å². The van der Waals surface area contributed by atoms with E-state index in [1.807, 2.05) is 0 Å². The number of nitrogens with zero attached hydrogens (tertiary/aromatic N) is 2. The summed E-state index contributed by atoms with van der Waals surface area (Å²) < 4.78 is 11.7. The molecule has 0 radical (unpaired) electrons. The van der Waals surface area contributed by atoms with E-state index in [1.165, 1.54) is 17.9 Å². The number of aliphatic hydroxyl groups excluding tert-OH is 1. The van der Waals surface area contributed by atoms with Gasteiger partial charge in [-0.3, -0.25) is 4.57 Å². The minimum absolute atomic E-state index is 0.0935. The summed E-state index contributed by atoms with van der Waals surface area (Å²) in [4.78, 5) is 15.2. The Labute approximate surface area is 116 Å². The molecule has 0 amide bonds. The topological polar surface area (TPSA) is 73.6 Å². The second-order valence-electron chi connectivity index (χ2n) is 4.18. The second-order valence-corrected chi connectivity index (χ2v) is 4.18. The average Bonchev–Trinajstić information content (AvgIpc) is 2.48. The molecule has 0 spiro atoms. The van der Waals surface area contributed by atoms with Gasteiger partial charge >= 0.3 is 5.69 Å². The fourth-order valence-corrected chi connectivity index (χ4v) is 1.91. The summed E-state index contributed by atoms with van der Waals surface area (Å²) in [6.45, 7) is 0.0935. The summed E-state index contributed by atoms with van der Waals surface area (Å²) in [6.07, 6.45) is 2.09. The first-order chi connectivity index (χ1) is 9.65. The Kier molecular flexibility index (Phi) is 4.37. The third-order valence-corrected chi connectivity index (χ3v) is 2.95. The van der Waals surface area contributed by atoms with Crippen molar-refractivity contribution in [2.45, 2.75) is 12.6 Å². The summed E-state index contributed by atoms with van der Waals surface area (Å²) in [5, 5.41) is 10.3. The maximum absolute atomic E-state index is 11.5. The van der Waals surface area contributed by atoms with E-state index in [1.54, 1.807) is 37.6 Å². The van der Waals surface area contributed by atoms with E-state index in [0.29, 0.717) is 17.1 Å². The van der Waals surface area contributed by atoms with Crippen LogP contribution in [-0.4, -0.2) is 28.9 Å². The van der Waals surface area contributed by atoms with Crippen molar-refractivity contribution in [1.82, 2.24) is 9.55 Å². The summed E-state index contributed by atoms with van der Waals surface area (Å²) in [5.41, 5.74) is 0.149. The highest BCUT2D eigenvalue weighted by molar-refractivity contribution is 5.41. The van der Waals surface area contributed by atoms with Crippen LogP contribution in [-0.2, 0) is 6.54 Å². The molecular weight excluding hydrogens is 260 g/mol. The van der Waals surface area contributed by atoms with Gasteiger partial charge in [-0.1, -0.05) is 0 Å². The molecule has 6 nitrogen and oxygen atoms in total. The quantitative estimate of drug-likeness (QED) is 0.881. The van der Waals surface area contributed by atoms with Crippen molar-refractivity contribution >= 4 is 0 Å². The van der Waals surface area contributed by atoms with Crippen molar-refractivity contribution < 1.29 is 14.6 Å². The van der Waals surface area contributed by atoms with E-state index in [-0.39, 0.29) is 6.54 Å². The van der Waals surface area contributed by atoms with Gasteiger partial charge in [0.05, 0.1) is 20.8 Å². The van der Waals surface area contributed by atoms with Crippen molar-refractivity contribution in [2.75, 3.05) is 14.2 Å². The van der Waals surface area contributed by atoms with Crippen LogP contribution in [0.4, 0.5) is 0 Å². The van der Waals surface area contributed by atoms with Gasteiger partial charge in [0, 0.05) is 18.0 Å². The second kappa shape index (κ2) is 6.21. The van der Waals surface area contributed by atoms with Gasteiger partial charge in [-0.15, -0.1) is 0 Å². The van der Waals surface area contributed by atoms with Gasteiger partial charge in [0.2, 0.25) is 0 Å². The van der Waals surface area contributed by atoms with Crippen LogP contribution in [0.5, 0.6) is 11.5 Å². The van der Waals surface area contributed by atoms with E-state index in [0.717, 1.165) is 0 Å². The minimum atomic E-state index is -0.901. The van der Waals surface area contributed by atoms with Crippen LogP contribution >= 0.6 is 0 Å². The van der Waals surface area contributed by atoms with Crippen molar-refractivity contribution in [1.29, 1.82) is 0 Å². The third kappa shape index (κ3) is 2.97. The summed E-state index contributed by atoms with van der Waals surface area (Å²) in [7, 11) is 3.07. The van der Waals surface area contributed by atoms with Gasteiger partial charge in [-0.2, -0.15) is 0 Å². The van der Waals surface area contributed by atoms with Gasteiger partial charge in [0.25, 0.3) is 0 Å². The molecule has 0 bridgehead atoms. The largest absolute Gasteiger partial charge is 0.497 e. The Balaban J connectivity index is 2.31. The molecule has 106 valence electrons. The van der Waals surface area contributed by atoms with E-state index in [4.69, 9.17) is 9.47 Å². The highest BCUT2D eigenvalue weighted by Crippen LogP contribution is 2.29. The molecule has 1 atom stereocenters. The average molecular weight is 276 g/mol. The van der Waals surface area contributed by atoms with Crippen LogP contribution in [0.15, 0.2) is 41.5 Å². The van der Waals surface area contributed by atoms with Crippen molar-refractivity contribution in [3.63, 3.8) is 0 Å². The summed E-state index contributed by atoms with van der Waals surface area (Å²) in [5.74, 6) is 1.15. The maximum Gasteiger partial charge on any atom is 0.347 e. The zero-order valence-electron chi connectivity index (χ0n) is 11.3. The fraction of sp³-hybridized carbons (Fsp3) is 0.286. The summed E-state index contributed by atoms with van der Waals surface area (Å²) in [6, 6.07) is 6.77. The van der Waals surface area contributed by atoms with Crippen molar-refractivity contribution in [3.8, 4) is 11.5 Å². The molecule has 6 heteroatoms. The Bertz CT molecular complexity index is 639. The van der Waals surface area contributed by atoms with Gasteiger partial charge in [-0.25, -0.2) is 9.78 Å². The number of methoxy groups -OCH3 is 2. The zero-order valence-corrected chi connectivity index (χ0v) is 11.3. The van der Waals surface area contributed by atoms with Crippen LogP contribution in [0.25, 0.3) is 0 Å². The van der Waals surface area contributed by atoms with Crippen LogP contribution in [0.3, 0.4) is 0 Å². The lowest BCUT2D eigenvalue weighted by molar-refractivity contribution is 0.150. The molecule has 0 fully saturated rings. The van der Waals surface area contributed by atoms with Crippen LogP contribution in [0.1, 0.15) is 11.7 Å². The first-order valence-corrected chi connectivity index (χ1v) is 6.07. The SMILES string of the molecule is COc1ccc(OC)c(C(O)Cn2cccnc2=O)c1. The van der Waals surface area contributed by atoms with Crippen molar-refractivity contribution in [2.24, 2.45) is 0 Å². The molecule has 1 unspecified atom stereocenters. The van der Waals surface area contributed by atoms with Gasteiger partial charge < -0.3 is 14.6 Å². The molecule has 1 aromatic carbocycles. The molecule has 0 aliphatic rings. The van der Waals surface area contributed by atoms with E-state index < -0.39 is 11.8 Å². The lowest BCUT2D eigenvalue weighted by Crippen LogP contribution is -2.24. The molecule has 0 aliphatic heterocycles. The van der Waals surface area contributed by atoms with Crippen LogP contribution in [0.2, 0.25) is 0 Å². The number of rotatable bonds is 5. The fourth-order valence-electron chi connectivity index (χ4n) is 1.91. The normalized spacial score (nSPS) is 11.9. The van der Waals surface area contributed by atoms with E-state index in [9.17, 15) is 9.90 Å². The number of ether oxygens (including phenoxy) is 2. The van der Waals surface area contributed by atoms with Crippen molar-refractivity contribution in [3.05, 3.63) is 52.7 Å². The highest BCUT2D eigenvalue weighted by Gasteiger charge is 2.15.